The van der Waals surface area contributed by atoms with Crippen LogP contribution < -0.4 is 4.74 Å². The third kappa shape index (κ3) is 4.20. The van der Waals surface area contributed by atoms with Crippen LogP contribution in [0.15, 0.2) is 18.2 Å². The highest BCUT2D eigenvalue weighted by Crippen LogP contribution is 2.32. The molecule has 0 unspecified atom stereocenters. The van der Waals surface area contributed by atoms with E-state index in [1.54, 1.807) is 0 Å². The van der Waals surface area contributed by atoms with E-state index in [-0.39, 0.29) is 21.4 Å². The predicted octanol–water partition coefficient (Wildman–Crippen LogP) is 3.69. The molecule has 1 rings (SSSR count). The zero-order chi connectivity index (χ0) is 13.0. The summed E-state index contributed by atoms with van der Waals surface area (Å²) in [5, 5.41) is 8.58. The highest BCUT2D eigenvalue weighted by molar-refractivity contribution is 6.42. The zero-order valence-electron chi connectivity index (χ0n) is 8.16. The van der Waals surface area contributed by atoms with Crippen LogP contribution >= 0.6 is 23.2 Å². The predicted molar refractivity (Wildman–Crippen MR) is 59.8 cm³/mol. The number of ether oxygens (including phenoxy) is 1. The van der Waals surface area contributed by atoms with Crippen LogP contribution in [0.1, 0.15) is 5.56 Å². The van der Waals surface area contributed by atoms with Crippen molar-refractivity contribution in [1.29, 1.82) is 0 Å². The van der Waals surface area contributed by atoms with Crippen LogP contribution in [-0.4, -0.2) is 17.7 Å². The molecule has 1 aromatic carbocycles. The standard InChI is InChI=1S/C10H6Cl2F2O3/c11-6-3-5(1-2-9(15)16)8(4-7(6)12)17-10(13)14/h1-4,10H,(H,15,16)/b2-1+. The maximum Gasteiger partial charge on any atom is 0.387 e. The fourth-order valence-electron chi connectivity index (χ4n) is 1.03. The Bertz CT molecular complexity index is 461. The van der Waals surface area contributed by atoms with Crippen molar-refractivity contribution in [2.45, 2.75) is 6.61 Å². The number of halogens is 4. The van der Waals surface area contributed by atoms with Gasteiger partial charge in [0, 0.05) is 17.7 Å². The van der Waals surface area contributed by atoms with Crippen molar-refractivity contribution in [3.63, 3.8) is 0 Å². The molecule has 0 aromatic heterocycles. The van der Waals surface area contributed by atoms with Gasteiger partial charge in [-0.05, 0) is 12.1 Å². The SMILES string of the molecule is O=C(O)/C=C/c1cc(Cl)c(Cl)cc1OC(F)F. The summed E-state index contributed by atoms with van der Waals surface area (Å²) < 4.78 is 28.4. The van der Waals surface area contributed by atoms with E-state index in [9.17, 15) is 13.6 Å². The largest absolute Gasteiger partial charge is 0.478 e. The van der Waals surface area contributed by atoms with E-state index in [2.05, 4.69) is 4.74 Å². The number of hydrogen-bond acceptors (Lipinski definition) is 2. The fraction of sp³-hybridized carbons (Fsp3) is 0.100. The molecule has 1 N–H and O–H groups in total. The molecule has 0 aliphatic heterocycles. The lowest BCUT2D eigenvalue weighted by atomic mass is 10.2. The first kappa shape index (κ1) is 13.7. The van der Waals surface area contributed by atoms with Crippen molar-refractivity contribution in [2.24, 2.45) is 0 Å². The molecule has 0 bridgehead atoms. The van der Waals surface area contributed by atoms with Crippen molar-refractivity contribution in [2.75, 3.05) is 0 Å². The number of aliphatic carboxylic acids is 1. The van der Waals surface area contributed by atoms with Crippen molar-refractivity contribution < 1.29 is 23.4 Å². The molecular weight excluding hydrogens is 277 g/mol. The van der Waals surface area contributed by atoms with Gasteiger partial charge >= 0.3 is 12.6 Å². The summed E-state index contributed by atoms with van der Waals surface area (Å²) in [7, 11) is 0. The topological polar surface area (TPSA) is 46.5 Å². The van der Waals surface area contributed by atoms with Gasteiger partial charge < -0.3 is 9.84 Å². The van der Waals surface area contributed by atoms with Gasteiger partial charge in [0.2, 0.25) is 0 Å². The van der Waals surface area contributed by atoms with E-state index >= 15 is 0 Å². The van der Waals surface area contributed by atoms with Gasteiger partial charge in [-0.15, -0.1) is 0 Å². The second kappa shape index (κ2) is 5.84. The third-order valence-corrected chi connectivity index (χ3v) is 2.40. The van der Waals surface area contributed by atoms with Crippen LogP contribution in [0.2, 0.25) is 10.0 Å². The van der Waals surface area contributed by atoms with E-state index in [4.69, 9.17) is 28.3 Å². The van der Waals surface area contributed by atoms with Crippen molar-refractivity contribution in [1.82, 2.24) is 0 Å². The van der Waals surface area contributed by atoms with Crippen molar-refractivity contribution in [3.8, 4) is 5.75 Å². The molecular formula is C10H6Cl2F2O3. The molecule has 3 nitrogen and oxygen atoms in total. The number of rotatable bonds is 4. The van der Waals surface area contributed by atoms with Crippen LogP contribution in [0, 0.1) is 0 Å². The Morgan fingerprint density at radius 3 is 2.47 bits per heavy atom. The van der Waals surface area contributed by atoms with E-state index in [1.807, 2.05) is 0 Å². The minimum Gasteiger partial charge on any atom is -0.478 e. The van der Waals surface area contributed by atoms with E-state index in [0.717, 1.165) is 18.2 Å². The van der Waals surface area contributed by atoms with Crippen molar-refractivity contribution in [3.05, 3.63) is 33.8 Å². The van der Waals surface area contributed by atoms with Gasteiger partial charge in [-0.1, -0.05) is 23.2 Å². The van der Waals surface area contributed by atoms with E-state index in [1.165, 1.54) is 6.07 Å². The van der Waals surface area contributed by atoms with Crippen LogP contribution in [-0.2, 0) is 4.79 Å². The number of benzene rings is 1. The maximum absolute atomic E-state index is 12.1. The summed E-state index contributed by atoms with van der Waals surface area (Å²) in [4.78, 5) is 10.3. The Labute approximate surface area is 105 Å². The Hall–Kier alpha value is -1.33. The number of carbonyl (C=O) groups is 1. The number of carboxylic acid groups (broad SMARTS) is 1. The first-order valence-electron chi connectivity index (χ1n) is 4.25. The van der Waals surface area contributed by atoms with Crippen LogP contribution in [0.5, 0.6) is 5.75 Å². The Kier molecular flexibility index (Phi) is 4.72. The molecule has 0 radical (unpaired) electrons. The number of alkyl halides is 2. The molecule has 92 valence electrons. The Morgan fingerprint density at radius 2 is 1.94 bits per heavy atom. The summed E-state index contributed by atoms with van der Waals surface area (Å²) in [6.45, 7) is -3.04. The average Bonchev–Trinajstić information content (AvgIpc) is 2.20. The molecule has 0 spiro atoms. The molecule has 0 saturated carbocycles. The molecule has 0 aliphatic rings. The quantitative estimate of drug-likeness (QED) is 0.857. The van der Waals surface area contributed by atoms with Crippen molar-refractivity contribution >= 4 is 35.2 Å². The lowest BCUT2D eigenvalue weighted by Gasteiger charge is -2.09. The Morgan fingerprint density at radius 1 is 1.35 bits per heavy atom. The molecule has 0 amide bonds. The van der Waals surface area contributed by atoms with Gasteiger partial charge in [-0.2, -0.15) is 8.78 Å². The zero-order valence-corrected chi connectivity index (χ0v) is 9.67. The minimum atomic E-state index is -3.04. The third-order valence-electron chi connectivity index (χ3n) is 1.67. The minimum absolute atomic E-state index is 0.0368. The highest BCUT2D eigenvalue weighted by atomic mass is 35.5. The van der Waals surface area contributed by atoms with Gasteiger partial charge in [0.05, 0.1) is 10.0 Å². The summed E-state index contributed by atoms with van der Waals surface area (Å²) in [5.41, 5.74) is 0.0992. The average molecular weight is 283 g/mol. The second-order valence-corrected chi connectivity index (χ2v) is 3.67. The second-order valence-electron chi connectivity index (χ2n) is 2.85. The molecule has 0 fully saturated rings. The molecule has 17 heavy (non-hydrogen) atoms. The molecule has 0 atom stereocenters. The van der Waals surface area contributed by atoms with Crippen LogP contribution in [0.4, 0.5) is 8.78 Å². The first-order chi connectivity index (χ1) is 7.90. The van der Waals surface area contributed by atoms with Gasteiger partial charge in [0.15, 0.2) is 0 Å². The highest BCUT2D eigenvalue weighted by Gasteiger charge is 2.11. The van der Waals surface area contributed by atoms with Gasteiger partial charge in [-0.25, -0.2) is 4.79 Å². The van der Waals surface area contributed by atoms with Gasteiger partial charge in [0.1, 0.15) is 5.75 Å². The lowest BCUT2D eigenvalue weighted by molar-refractivity contribution is -0.131. The van der Waals surface area contributed by atoms with Gasteiger partial charge in [-0.3, -0.25) is 0 Å². The summed E-state index contributed by atoms with van der Waals surface area (Å²) in [6, 6.07) is 2.33. The van der Waals surface area contributed by atoms with E-state index in [0.29, 0.717) is 0 Å². The monoisotopic (exact) mass is 282 g/mol. The first-order valence-corrected chi connectivity index (χ1v) is 5.00. The van der Waals surface area contributed by atoms with Gasteiger partial charge in [0.25, 0.3) is 0 Å². The smallest absolute Gasteiger partial charge is 0.387 e. The molecule has 7 heteroatoms. The normalized spacial score (nSPS) is 11.1. The molecule has 0 heterocycles. The number of carboxylic acids is 1. The summed E-state index contributed by atoms with van der Waals surface area (Å²) in [5.74, 6) is -1.47. The van der Waals surface area contributed by atoms with Crippen LogP contribution in [0.3, 0.4) is 0 Å². The Balaban J connectivity index is 3.15. The lowest BCUT2D eigenvalue weighted by Crippen LogP contribution is -2.03. The number of hydrogen-bond donors (Lipinski definition) is 1. The fourth-order valence-corrected chi connectivity index (χ4v) is 1.36. The molecule has 0 saturated heterocycles. The summed E-state index contributed by atoms with van der Waals surface area (Å²) in [6.07, 6.45) is 1.86. The van der Waals surface area contributed by atoms with E-state index < -0.39 is 12.6 Å². The van der Waals surface area contributed by atoms with Crippen LogP contribution in [0.25, 0.3) is 6.08 Å². The maximum atomic E-state index is 12.1. The molecule has 0 aliphatic carbocycles. The summed E-state index contributed by atoms with van der Waals surface area (Å²) >= 11 is 11.3. The molecule has 1 aromatic rings.